The molecule has 0 heterocycles. The van der Waals surface area contributed by atoms with Crippen LogP contribution < -0.4 is 10.1 Å². The number of hydrogen-bond donors (Lipinski definition) is 2. The number of amides is 1. The summed E-state index contributed by atoms with van der Waals surface area (Å²) in [5, 5.41) is 11.9. The van der Waals surface area contributed by atoms with Crippen molar-refractivity contribution in [3.05, 3.63) is 65.2 Å². The van der Waals surface area contributed by atoms with Crippen LogP contribution in [0.1, 0.15) is 41.8 Å². The van der Waals surface area contributed by atoms with Crippen LogP contribution in [0.2, 0.25) is 0 Å². The molecule has 0 aliphatic rings. The Labute approximate surface area is 143 Å². The Bertz CT molecular complexity index is 635. The molecular formula is C20H25NO3. The van der Waals surface area contributed by atoms with E-state index in [0.717, 1.165) is 29.7 Å². The summed E-state index contributed by atoms with van der Waals surface area (Å²) < 4.78 is 5.71. The molecule has 128 valence electrons. The number of carbonyl (C=O) groups excluding carboxylic acids is 1. The first-order valence-electron chi connectivity index (χ1n) is 8.36. The molecule has 0 spiro atoms. The average Bonchev–Trinajstić information content (AvgIpc) is 2.62. The van der Waals surface area contributed by atoms with Crippen molar-refractivity contribution in [1.82, 2.24) is 5.32 Å². The monoisotopic (exact) mass is 327 g/mol. The van der Waals surface area contributed by atoms with E-state index in [2.05, 4.69) is 12.2 Å². The van der Waals surface area contributed by atoms with Crippen LogP contribution in [0.3, 0.4) is 0 Å². The molecule has 0 aliphatic carbocycles. The third-order valence-electron chi connectivity index (χ3n) is 3.93. The van der Waals surface area contributed by atoms with Gasteiger partial charge in [0.2, 0.25) is 0 Å². The van der Waals surface area contributed by atoms with Crippen LogP contribution in [0.15, 0.2) is 48.5 Å². The summed E-state index contributed by atoms with van der Waals surface area (Å²) in [5.74, 6) is 0.696. The van der Waals surface area contributed by atoms with E-state index in [4.69, 9.17) is 9.84 Å². The predicted octanol–water partition coefficient (Wildman–Crippen LogP) is 3.33. The molecule has 0 aromatic heterocycles. The number of aliphatic hydroxyl groups excluding tert-OH is 1. The van der Waals surface area contributed by atoms with Gasteiger partial charge in [-0.1, -0.05) is 31.2 Å². The molecule has 0 bridgehead atoms. The number of ether oxygens (including phenoxy) is 1. The number of benzene rings is 2. The van der Waals surface area contributed by atoms with Gasteiger partial charge in [-0.25, -0.2) is 0 Å². The minimum Gasteiger partial charge on any atom is -0.491 e. The highest BCUT2D eigenvalue weighted by molar-refractivity contribution is 5.94. The number of rotatable bonds is 8. The molecule has 0 aliphatic heterocycles. The van der Waals surface area contributed by atoms with E-state index in [9.17, 15) is 4.79 Å². The standard InChI is InChI=1S/C20H25NO3/c1-3-15(2)24-19-10-8-18(9-11-19)20(23)21-13-12-16-4-6-17(14-22)7-5-16/h4-11,15,22H,3,12-14H2,1-2H3,(H,21,23). The molecule has 2 aromatic rings. The molecular weight excluding hydrogens is 302 g/mol. The van der Waals surface area contributed by atoms with Crippen molar-refractivity contribution in [1.29, 1.82) is 0 Å². The van der Waals surface area contributed by atoms with Crippen molar-refractivity contribution in [2.45, 2.75) is 39.4 Å². The lowest BCUT2D eigenvalue weighted by atomic mass is 10.1. The highest BCUT2D eigenvalue weighted by Crippen LogP contribution is 2.15. The lowest BCUT2D eigenvalue weighted by Crippen LogP contribution is -2.25. The molecule has 0 saturated heterocycles. The molecule has 1 unspecified atom stereocenters. The van der Waals surface area contributed by atoms with Gasteiger partial charge in [-0.3, -0.25) is 4.79 Å². The molecule has 2 aromatic carbocycles. The van der Waals surface area contributed by atoms with E-state index in [0.29, 0.717) is 12.1 Å². The topological polar surface area (TPSA) is 58.6 Å². The Morgan fingerprint density at radius 2 is 1.71 bits per heavy atom. The van der Waals surface area contributed by atoms with Gasteiger partial charge in [0.05, 0.1) is 12.7 Å². The fourth-order valence-corrected chi connectivity index (χ4v) is 2.23. The second kappa shape index (κ2) is 9.08. The highest BCUT2D eigenvalue weighted by Gasteiger charge is 2.06. The van der Waals surface area contributed by atoms with Crippen molar-refractivity contribution in [2.24, 2.45) is 0 Å². The van der Waals surface area contributed by atoms with Crippen LogP contribution in [0.4, 0.5) is 0 Å². The van der Waals surface area contributed by atoms with E-state index in [1.165, 1.54) is 0 Å². The highest BCUT2D eigenvalue weighted by atomic mass is 16.5. The van der Waals surface area contributed by atoms with Crippen LogP contribution in [-0.2, 0) is 13.0 Å². The minimum atomic E-state index is -0.0860. The molecule has 0 radical (unpaired) electrons. The maximum absolute atomic E-state index is 12.1. The van der Waals surface area contributed by atoms with Crippen molar-refractivity contribution >= 4 is 5.91 Å². The maximum atomic E-state index is 12.1. The first-order chi connectivity index (χ1) is 11.6. The second-order valence-electron chi connectivity index (χ2n) is 5.84. The summed E-state index contributed by atoms with van der Waals surface area (Å²) >= 11 is 0. The number of carbonyl (C=O) groups is 1. The minimum absolute atomic E-state index is 0.0494. The van der Waals surface area contributed by atoms with E-state index < -0.39 is 0 Å². The zero-order chi connectivity index (χ0) is 17.4. The summed E-state index contributed by atoms with van der Waals surface area (Å²) in [6.45, 7) is 4.72. The normalized spacial score (nSPS) is 11.8. The third-order valence-corrected chi connectivity index (χ3v) is 3.93. The molecule has 0 saturated carbocycles. The smallest absolute Gasteiger partial charge is 0.251 e. The molecule has 1 atom stereocenters. The van der Waals surface area contributed by atoms with Crippen molar-refractivity contribution < 1.29 is 14.6 Å². The number of nitrogens with one attached hydrogen (secondary N) is 1. The Kier molecular flexibility index (Phi) is 6.82. The van der Waals surface area contributed by atoms with Gasteiger partial charge in [0, 0.05) is 12.1 Å². The van der Waals surface area contributed by atoms with E-state index >= 15 is 0 Å². The van der Waals surface area contributed by atoms with E-state index in [1.807, 2.05) is 43.3 Å². The lowest BCUT2D eigenvalue weighted by molar-refractivity contribution is 0.0954. The fourth-order valence-electron chi connectivity index (χ4n) is 2.23. The van der Waals surface area contributed by atoms with Crippen LogP contribution in [-0.4, -0.2) is 23.7 Å². The molecule has 0 fully saturated rings. The van der Waals surface area contributed by atoms with Gasteiger partial charge in [0.15, 0.2) is 0 Å². The van der Waals surface area contributed by atoms with Gasteiger partial charge in [0.25, 0.3) is 5.91 Å². The average molecular weight is 327 g/mol. The molecule has 24 heavy (non-hydrogen) atoms. The van der Waals surface area contributed by atoms with Crippen molar-refractivity contribution in [2.75, 3.05) is 6.54 Å². The zero-order valence-electron chi connectivity index (χ0n) is 14.3. The zero-order valence-corrected chi connectivity index (χ0v) is 14.3. The van der Waals surface area contributed by atoms with Crippen LogP contribution >= 0.6 is 0 Å². The molecule has 2 rings (SSSR count). The van der Waals surface area contributed by atoms with Gasteiger partial charge < -0.3 is 15.2 Å². The van der Waals surface area contributed by atoms with Crippen LogP contribution in [0.5, 0.6) is 5.75 Å². The fraction of sp³-hybridized carbons (Fsp3) is 0.350. The third kappa shape index (κ3) is 5.39. The largest absolute Gasteiger partial charge is 0.491 e. The molecule has 4 nitrogen and oxygen atoms in total. The van der Waals surface area contributed by atoms with Gasteiger partial charge in [0.1, 0.15) is 5.75 Å². The predicted molar refractivity (Wildman–Crippen MR) is 95.2 cm³/mol. The van der Waals surface area contributed by atoms with Crippen LogP contribution in [0.25, 0.3) is 0 Å². The number of hydrogen-bond acceptors (Lipinski definition) is 3. The van der Waals surface area contributed by atoms with Gasteiger partial charge in [-0.15, -0.1) is 0 Å². The van der Waals surface area contributed by atoms with Crippen molar-refractivity contribution in [3.63, 3.8) is 0 Å². The van der Waals surface area contributed by atoms with Crippen molar-refractivity contribution in [3.8, 4) is 5.75 Å². The molecule has 2 N–H and O–H groups in total. The Morgan fingerprint density at radius 1 is 1.08 bits per heavy atom. The SMILES string of the molecule is CCC(C)Oc1ccc(C(=O)NCCc2ccc(CO)cc2)cc1. The summed E-state index contributed by atoms with van der Waals surface area (Å²) in [6, 6.07) is 15.0. The number of aliphatic hydroxyl groups is 1. The first-order valence-corrected chi connectivity index (χ1v) is 8.36. The first kappa shape index (κ1) is 18.0. The van der Waals surface area contributed by atoms with Gasteiger partial charge in [-0.05, 0) is 55.2 Å². The summed E-state index contributed by atoms with van der Waals surface area (Å²) in [4.78, 5) is 12.1. The van der Waals surface area contributed by atoms with Crippen LogP contribution in [0, 0.1) is 0 Å². The summed E-state index contributed by atoms with van der Waals surface area (Å²) in [5.41, 5.74) is 2.65. The Hall–Kier alpha value is -2.33. The second-order valence-corrected chi connectivity index (χ2v) is 5.84. The lowest BCUT2D eigenvalue weighted by Gasteiger charge is -2.12. The van der Waals surface area contributed by atoms with Gasteiger partial charge in [-0.2, -0.15) is 0 Å². The molecule has 1 amide bonds. The van der Waals surface area contributed by atoms with E-state index in [-0.39, 0.29) is 18.6 Å². The summed E-state index contributed by atoms with van der Waals surface area (Å²) in [7, 11) is 0. The molecule has 4 heteroatoms. The Morgan fingerprint density at radius 3 is 2.29 bits per heavy atom. The van der Waals surface area contributed by atoms with Gasteiger partial charge >= 0.3 is 0 Å². The quantitative estimate of drug-likeness (QED) is 0.782. The Balaban J connectivity index is 1.81. The summed E-state index contributed by atoms with van der Waals surface area (Å²) in [6.07, 6.45) is 1.87. The van der Waals surface area contributed by atoms with E-state index in [1.54, 1.807) is 12.1 Å². The maximum Gasteiger partial charge on any atom is 0.251 e.